The van der Waals surface area contributed by atoms with Crippen molar-refractivity contribution in [3.05, 3.63) is 36.0 Å². The molecule has 3 aliphatic rings. The molecule has 1 aliphatic carbocycles. The molecule has 0 radical (unpaired) electrons. The standard InChI is InChI=1S/C33H45N5O6/c1-19-17-38(28(33(19,2)3)31(43)36-24(26(40)18-39)16-22-13-14-34-29(22)41)32(44)27(20-9-5-4-6-10-20)37-30(42)25-15-21-11-7-8-12-23(21)35-25/h7-8,11-12,15,19-20,22,24,27-28,35,39H,4-6,9-10,13-14,16-18H2,1-3H3,(H,34,41)(H,36,43)(H,37,42)/t19-,22+,24?,27+,28-/m1/s1. The molecule has 1 aromatic heterocycles. The normalized spacial score (nSPS) is 25.0. The number of H-pyrrole nitrogens is 1. The second kappa shape index (κ2) is 13.1. The van der Waals surface area contributed by atoms with Crippen LogP contribution in [0.5, 0.6) is 0 Å². The Balaban J connectivity index is 1.40. The maximum atomic E-state index is 14.5. The lowest BCUT2D eigenvalue weighted by atomic mass is 9.77. The average molecular weight is 608 g/mol. The minimum Gasteiger partial charge on any atom is -0.389 e. The molecular weight excluding hydrogens is 562 g/mol. The molecule has 0 spiro atoms. The Bertz CT molecular complexity index is 1380. The summed E-state index contributed by atoms with van der Waals surface area (Å²) in [4.78, 5) is 71.7. The van der Waals surface area contributed by atoms with Gasteiger partial charge in [0.1, 0.15) is 24.4 Å². The van der Waals surface area contributed by atoms with E-state index in [1.165, 1.54) is 0 Å². The zero-order valence-corrected chi connectivity index (χ0v) is 25.9. The van der Waals surface area contributed by atoms with Crippen molar-refractivity contribution in [2.24, 2.45) is 23.2 Å². The molecule has 1 aromatic carbocycles. The Hall–Kier alpha value is -3.73. The number of Topliss-reactive ketones (excluding diaryl/α,β-unsaturated/α-hetero) is 1. The third-order valence-corrected chi connectivity index (χ3v) is 10.3. The number of amides is 4. The fourth-order valence-electron chi connectivity index (χ4n) is 7.23. The number of nitrogens with zero attached hydrogens (tertiary/aromatic N) is 1. The lowest BCUT2D eigenvalue weighted by Gasteiger charge is -2.37. The number of hydrogen-bond acceptors (Lipinski definition) is 6. The zero-order chi connectivity index (χ0) is 31.6. The molecule has 1 saturated carbocycles. The first-order valence-corrected chi connectivity index (χ1v) is 15.9. The summed E-state index contributed by atoms with van der Waals surface area (Å²) in [5, 5.41) is 19.1. The molecule has 3 fully saturated rings. The number of carbonyl (C=O) groups excluding carboxylic acids is 5. The number of aliphatic hydroxyl groups is 1. The number of ketones is 1. The summed E-state index contributed by atoms with van der Waals surface area (Å²) in [5.74, 6) is -2.50. The third-order valence-electron chi connectivity index (χ3n) is 10.3. The molecule has 2 aromatic rings. The van der Waals surface area contributed by atoms with Crippen LogP contribution in [-0.2, 0) is 19.2 Å². The Labute approximate surface area is 257 Å². The van der Waals surface area contributed by atoms with Crippen molar-refractivity contribution in [2.45, 2.75) is 83.8 Å². The van der Waals surface area contributed by atoms with Gasteiger partial charge in [-0.05, 0) is 55.1 Å². The summed E-state index contributed by atoms with van der Waals surface area (Å²) in [7, 11) is 0. The highest BCUT2D eigenvalue weighted by molar-refractivity contribution is 6.01. The van der Waals surface area contributed by atoms with E-state index in [0.29, 0.717) is 25.2 Å². The minimum atomic E-state index is -1.05. The molecule has 238 valence electrons. The van der Waals surface area contributed by atoms with Crippen LogP contribution >= 0.6 is 0 Å². The molecule has 4 amide bonds. The van der Waals surface area contributed by atoms with E-state index < -0.39 is 47.8 Å². The maximum Gasteiger partial charge on any atom is 0.268 e. The number of likely N-dealkylation sites (tertiary alicyclic amines) is 1. The Morgan fingerprint density at radius 1 is 1.07 bits per heavy atom. The van der Waals surface area contributed by atoms with E-state index in [1.807, 2.05) is 45.0 Å². The second-order valence-corrected chi connectivity index (χ2v) is 13.4. The molecule has 5 N–H and O–H groups in total. The number of benzene rings is 1. The van der Waals surface area contributed by atoms with Gasteiger partial charge in [0.05, 0.1) is 6.04 Å². The Kier molecular flexibility index (Phi) is 9.43. The Morgan fingerprint density at radius 3 is 2.45 bits per heavy atom. The highest BCUT2D eigenvalue weighted by atomic mass is 16.3. The second-order valence-electron chi connectivity index (χ2n) is 13.4. The monoisotopic (exact) mass is 607 g/mol. The highest BCUT2D eigenvalue weighted by Gasteiger charge is 2.53. The zero-order valence-electron chi connectivity index (χ0n) is 25.9. The van der Waals surface area contributed by atoms with Crippen LogP contribution in [0.1, 0.15) is 76.2 Å². The topological polar surface area (TPSA) is 161 Å². The van der Waals surface area contributed by atoms with Crippen LogP contribution in [-0.4, -0.2) is 82.2 Å². The summed E-state index contributed by atoms with van der Waals surface area (Å²) < 4.78 is 0. The van der Waals surface area contributed by atoms with E-state index in [0.717, 1.165) is 43.0 Å². The number of aliphatic hydroxyl groups excluding tert-OH is 1. The van der Waals surface area contributed by atoms with E-state index in [-0.39, 0.29) is 36.0 Å². The number of nitrogens with one attached hydrogen (secondary N) is 4. The van der Waals surface area contributed by atoms with Gasteiger partial charge in [-0.2, -0.15) is 0 Å². The van der Waals surface area contributed by atoms with Crippen molar-refractivity contribution in [1.29, 1.82) is 0 Å². The van der Waals surface area contributed by atoms with Crippen molar-refractivity contribution >= 4 is 40.3 Å². The van der Waals surface area contributed by atoms with E-state index in [2.05, 4.69) is 20.9 Å². The summed E-state index contributed by atoms with van der Waals surface area (Å²) in [6.07, 6.45) is 5.21. The molecule has 1 unspecified atom stereocenters. The first-order valence-electron chi connectivity index (χ1n) is 15.9. The van der Waals surface area contributed by atoms with Gasteiger partial charge in [0.2, 0.25) is 17.7 Å². The van der Waals surface area contributed by atoms with Crippen LogP contribution in [0, 0.1) is 23.2 Å². The van der Waals surface area contributed by atoms with Crippen LogP contribution in [0.25, 0.3) is 10.9 Å². The van der Waals surface area contributed by atoms with Gasteiger partial charge in [-0.1, -0.05) is 58.2 Å². The first-order chi connectivity index (χ1) is 21.0. The van der Waals surface area contributed by atoms with Gasteiger partial charge in [0, 0.05) is 29.9 Å². The molecule has 5 atom stereocenters. The maximum absolute atomic E-state index is 14.5. The molecule has 5 rings (SSSR count). The lowest BCUT2D eigenvalue weighted by molar-refractivity contribution is -0.144. The van der Waals surface area contributed by atoms with Crippen LogP contribution in [0.15, 0.2) is 30.3 Å². The molecule has 44 heavy (non-hydrogen) atoms. The summed E-state index contributed by atoms with van der Waals surface area (Å²) in [5.41, 5.74) is 0.549. The van der Waals surface area contributed by atoms with Gasteiger partial charge in [-0.25, -0.2) is 0 Å². The van der Waals surface area contributed by atoms with Gasteiger partial charge < -0.3 is 30.9 Å². The van der Waals surface area contributed by atoms with Gasteiger partial charge in [0.25, 0.3) is 5.91 Å². The molecule has 3 heterocycles. The van der Waals surface area contributed by atoms with E-state index in [1.54, 1.807) is 11.0 Å². The van der Waals surface area contributed by atoms with Gasteiger partial charge in [-0.3, -0.25) is 24.0 Å². The van der Waals surface area contributed by atoms with Crippen LogP contribution < -0.4 is 16.0 Å². The number of aromatic amines is 1. The number of aromatic nitrogens is 1. The van der Waals surface area contributed by atoms with Gasteiger partial charge in [-0.15, -0.1) is 0 Å². The Morgan fingerprint density at radius 2 is 1.80 bits per heavy atom. The van der Waals surface area contributed by atoms with Gasteiger partial charge >= 0.3 is 0 Å². The van der Waals surface area contributed by atoms with Gasteiger partial charge in [0.15, 0.2) is 5.78 Å². The molecule has 2 aliphatic heterocycles. The van der Waals surface area contributed by atoms with E-state index >= 15 is 0 Å². The smallest absolute Gasteiger partial charge is 0.268 e. The SMILES string of the molecule is C[C@@H]1CN(C(=O)[C@@H](NC(=O)c2cc3ccccc3[nH]2)C2CCCCC2)[C@H](C(=O)NC(C[C@@H]2CCNC2=O)C(=O)CO)C1(C)C. The quantitative estimate of drug-likeness (QED) is 0.279. The van der Waals surface area contributed by atoms with Crippen molar-refractivity contribution in [2.75, 3.05) is 19.7 Å². The highest BCUT2D eigenvalue weighted by Crippen LogP contribution is 2.42. The molecule has 2 saturated heterocycles. The van der Waals surface area contributed by atoms with Crippen molar-refractivity contribution in [3.8, 4) is 0 Å². The number of hydrogen-bond donors (Lipinski definition) is 5. The average Bonchev–Trinajstić information content (AvgIpc) is 3.70. The fourth-order valence-corrected chi connectivity index (χ4v) is 7.23. The summed E-state index contributed by atoms with van der Waals surface area (Å²) in [6.45, 7) is 5.91. The van der Waals surface area contributed by atoms with E-state index in [4.69, 9.17) is 0 Å². The fraction of sp³-hybridized carbons (Fsp3) is 0.606. The van der Waals surface area contributed by atoms with E-state index in [9.17, 15) is 29.1 Å². The van der Waals surface area contributed by atoms with Crippen LogP contribution in [0.4, 0.5) is 0 Å². The van der Waals surface area contributed by atoms with Crippen molar-refractivity contribution in [1.82, 2.24) is 25.8 Å². The van der Waals surface area contributed by atoms with Crippen LogP contribution in [0.2, 0.25) is 0 Å². The van der Waals surface area contributed by atoms with Crippen LogP contribution in [0.3, 0.4) is 0 Å². The molecule has 0 bridgehead atoms. The minimum absolute atomic E-state index is 0.0498. The number of fused-ring (bicyclic) bond motifs is 1. The van der Waals surface area contributed by atoms with Crippen molar-refractivity contribution in [3.63, 3.8) is 0 Å². The largest absolute Gasteiger partial charge is 0.389 e. The molecule has 11 nitrogen and oxygen atoms in total. The lowest BCUT2D eigenvalue weighted by Crippen LogP contribution is -2.59. The molecular formula is C33H45N5O6. The number of carbonyl (C=O) groups is 5. The summed E-state index contributed by atoms with van der Waals surface area (Å²) in [6, 6.07) is 6.58. The predicted molar refractivity (Wildman–Crippen MR) is 164 cm³/mol. The number of rotatable bonds is 10. The number of para-hydroxylation sites is 1. The first kappa shape index (κ1) is 31.7. The summed E-state index contributed by atoms with van der Waals surface area (Å²) >= 11 is 0. The van der Waals surface area contributed by atoms with Crippen molar-refractivity contribution < 1.29 is 29.1 Å². The molecule has 11 heteroatoms. The third kappa shape index (κ3) is 6.38. The predicted octanol–water partition coefficient (Wildman–Crippen LogP) is 2.29.